The molecule has 0 aromatic carbocycles. The van der Waals surface area contributed by atoms with Crippen molar-refractivity contribution >= 4 is 11.6 Å². The van der Waals surface area contributed by atoms with Gasteiger partial charge in [-0.1, -0.05) is 0 Å². The van der Waals surface area contributed by atoms with Crippen molar-refractivity contribution in [3.8, 4) is 0 Å². The summed E-state index contributed by atoms with van der Waals surface area (Å²) in [5, 5.41) is 11.4. The summed E-state index contributed by atoms with van der Waals surface area (Å²) in [5.74, 6) is 5.16. The molecule has 0 saturated carbocycles. The van der Waals surface area contributed by atoms with Crippen molar-refractivity contribution in [1.82, 2.24) is 4.98 Å². The Morgan fingerprint density at radius 2 is 1.84 bits per heavy atom. The van der Waals surface area contributed by atoms with Crippen molar-refractivity contribution in [3.05, 3.63) is 17.7 Å². The van der Waals surface area contributed by atoms with Crippen LogP contribution < -0.4 is 16.6 Å². The lowest BCUT2D eigenvalue weighted by Crippen LogP contribution is -2.14. The highest BCUT2D eigenvalue weighted by Gasteiger charge is 2.31. The van der Waals surface area contributed by atoms with Gasteiger partial charge < -0.3 is 15.8 Å². The van der Waals surface area contributed by atoms with E-state index in [1.165, 1.54) is 0 Å². The first-order chi connectivity index (χ1) is 8.97. The van der Waals surface area contributed by atoms with E-state index in [4.69, 9.17) is 10.9 Å². The number of hydrogen-bond acceptors (Lipinski definition) is 5. The maximum Gasteiger partial charge on any atom is 0.416 e. The van der Waals surface area contributed by atoms with Gasteiger partial charge in [0.2, 0.25) is 0 Å². The summed E-state index contributed by atoms with van der Waals surface area (Å²) in [5.41, 5.74) is 1.29. The van der Waals surface area contributed by atoms with Gasteiger partial charge in [0, 0.05) is 13.2 Å². The van der Waals surface area contributed by atoms with Crippen molar-refractivity contribution in [2.45, 2.75) is 25.4 Å². The number of hydrogen-bond donors (Lipinski definition) is 4. The van der Waals surface area contributed by atoms with Crippen molar-refractivity contribution < 1.29 is 18.3 Å². The molecule has 0 aliphatic heterocycles. The van der Waals surface area contributed by atoms with E-state index >= 15 is 0 Å². The third-order valence-corrected chi connectivity index (χ3v) is 2.44. The maximum atomic E-state index is 12.6. The molecule has 0 aliphatic rings. The van der Waals surface area contributed by atoms with Crippen molar-refractivity contribution in [2.75, 3.05) is 23.9 Å². The quantitative estimate of drug-likeness (QED) is 0.348. The molecule has 0 radical (unpaired) electrons. The van der Waals surface area contributed by atoms with Gasteiger partial charge in [0.25, 0.3) is 0 Å². The highest BCUT2D eigenvalue weighted by molar-refractivity contribution is 5.49. The number of halogens is 3. The summed E-state index contributed by atoms with van der Waals surface area (Å²) < 4.78 is 37.9. The number of nitrogen functional groups attached to an aromatic ring is 1. The van der Waals surface area contributed by atoms with E-state index in [1.54, 1.807) is 0 Å². The summed E-state index contributed by atoms with van der Waals surface area (Å²) in [6, 6.07) is 1.78. The van der Waals surface area contributed by atoms with Crippen LogP contribution in [0, 0.1) is 0 Å². The van der Waals surface area contributed by atoms with Crippen LogP contribution in [-0.4, -0.2) is 23.2 Å². The second-order valence-corrected chi connectivity index (χ2v) is 3.98. The number of nitrogens with zero attached hydrogens (tertiary/aromatic N) is 1. The number of aromatic nitrogens is 1. The first-order valence-electron chi connectivity index (χ1n) is 5.88. The van der Waals surface area contributed by atoms with Crippen LogP contribution in [0.5, 0.6) is 0 Å². The standard InChI is InChI=1S/C11H17F3N4O/c12-11(13,14)8-6-9(17-10(7-8)18-15)16-4-2-1-3-5-19/h6-7,19H,1-5,15H2,(H2,16,17,18). The molecule has 0 atom stereocenters. The molecule has 5 N–H and O–H groups in total. The summed E-state index contributed by atoms with van der Waals surface area (Å²) in [6.45, 7) is 0.599. The SMILES string of the molecule is NNc1cc(C(F)(F)F)cc(NCCCCCO)n1. The van der Waals surface area contributed by atoms with Crippen molar-refractivity contribution in [1.29, 1.82) is 0 Å². The average Bonchev–Trinajstić information content (AvgIpc) is 2.37. The van der Waals surface area contributed by atoms with E-state index < -0.39 is 11.7 Å². The maximum absolute atomic E-state index is 12.6. The minimum absolute atomic E-state index is 0.0484. The third kappa shape index (κ3) is 5.31. The Bertz CT molecular complexity index is 398. The van der Waals surface area contributed by atoms with Gasteiger partial charge in [0.15, 0.2) is 0 Å². The van der Waals surface area contributed by atoms with E-state index in [1.807, 2.05) is 0 Å². The van der Waals surface area contributed by atoms with E-state index in [9.17, 15) is 13.2 Å². The zero-order valence-electron chi connectivity index (χ0n) is 10.3. The molecule has 0 saturated heterocycles. The van der Waals surface area contributed by atoms with E-state index in [2.05, 4.69) is 15.7 Å². The molecule has 5 nitrogen and oxygen atoms in total. The fourth-order valence-corrected chi connectivity index (χ4v) is 1.49. The Kier molecular flexibility index (Phi) is 5.84. The monoisotopic (exact) mass is 278 g/mol. The molecular weight excluding hydrogens is 261 g/mol. The summed E-state index contributed by atoms with van der Waals surface area (Å²) in [4.78, 5) is 3.89. The number of rotatable bonds is 7. The number of aliphatic hydroxyl groups excluding tert-OH is 1. The van der Waals surface area contributed by atoms with Crippen LogP contribution >= 0.6 is 0 Å². The largest absolute Gasteiger partial charge is 0.416 e. The number of alkyl halides is 3. The minimum atomic E-state index is -4.44. The lowest BCUT2D eigenvalue weighted by Gasteiger charge is -2.12. The molecule has 108 valence electrons. The molecule has 1 aromatic heterocycles. The first kappa shape index (κ1) is 15.5. The molecule has 0 bridgehead atoms. The van der Waals surface area contributed by atoms with Gasteiger partial charge in [-0.2, -0.15) is 13.2 Å². The second kappa shape index (κ2) is 7.15. The zero-order valence-corrected chi connectivity index (χ0v) is 10.3. The number of anilines is 2. The number of hydrazine groups is 1. The highest BCUT2D eigenvalue weighted by atomic mass is 19.4. The molecule has 1 heterocycles. The molecule has 0 fully saturated rings. The molecule has 19 heavy (non-hydrogen) atoms. The normalized spacial score (nSPS) is 11.4. The molecule has 8 heteroatoms. The Morgan fingerprint density at radius 3 is 2.42 bits per heavy atom. The number of nitrogens with two attached hydrogens (primary N) is 1. The molecule has 0 spiro atoms. The number of unbranched alkanes of at least 4 members (excludes halogenated alkanes) is 2. The molecule has 0 unspecified atom stereocenters. The van der Waals surface area contributed by atoms with Crippen LogP contribution in [0.4, 0.5) is 24.8 Å². The van der Waals surface area contributed by atoms with Crippen molar-refractivity contribution in [2.24, 2.45) is 5.84 Å². The summed E-state index contributed by atoms with van der Waals surface area (Å²) >= 11 is 0. The zero-order chi connectivity index (χ0) is 14.3. The minimum Gasteiger partial charge on any atom is -0.396 e. The Morgan fingerprint density at radius 1 is 1.16 bits per heavy atom. The molecule has 1 rings (SSSR count). The molecule has 1 aromatic rings. The fourth-order valence-electron chi connectivity index (χ4n) is 1.49. The third-order valence-electron chi connectivity index (χ3n) is 2.44. The topological polar surface area (TPSA) is 83.2 Å². The number of aliphatic hydroxyl groups is 1. The Labute approximate surface area is 109 Å². The molecular formula is C11H17F3N4O. The molecule has 0 amide bonds. The van der Waals surface area contributed by atoms with Crippen LogP contribution in [0.3, 0.4) is 0 Å². The summed E-state index contributed by atoms with van der Waals surface area (Å²) in [7, 11) is 0. The van der Waals surface area contributed by atoms with Gasteiger partial charge in [-0.25, -0.2) is 10.8 Å². The van der Waals surface area contributed by atoms with Crippen LogP contribution in [0.15, 0.2) is 12.1 Å². The van der Waals surface area contributed by atoms with Gasteiger partial charge in [-0.3, -0.25) is 0 Å². The van der Waals surface area contributed by atoms with Crippen LogP contribution in [0.25, 0.3) is 0 Å². The fraction of sp³-hybridized carbons (Fsp3) is 0.545. The lowest BCUT2D eigenvalue weighted by molar-refractivity contribution is -0.137. The van der Waals surface area contributed by atoms with E-state index in [0.717, 1.165) is 25.0 Å². The van der Waals surface area contributed by atoms with Gasteiger partial charge in [0.1, 0.15) is 11.6 Å². The summed E-state index contributed by atoms with van der Waals surface area (Å²) in [6.07, 6.45) is -2.23. The predicted octanol–water partition coefficient (Wildman–Crippen LogP) is 1.96. The van der Waals surface area contributed by atoms with Crippen molar-refractivity contribution in [3.63, 3.8) is 0 Å². The van der Waals surface area contributed by atoms with Gasteiger partial charge in [-0.05, 0) is 31.4 Å². The number of nitrogens with one attached hydrogen (secondary N) is 2. The predicted molar refractivity (Wildman–Crippen MR) is 66.5 cm³/mol. The average molecular weight is 278 g/mol. The van der Waals surface area contributed by atoms with E-state index in [0.29, 0.717) is 13.0 Å². The Hall–Kier alpha value is -1.54. The van der Waals surface area contributed by atoms with E-state index in [-0.39, 0.29) is 18.2 Å². The van der Waals surface area contributed by atoms with Crippen LogP contribution in [-0.2, 0) is 6.18 Å². The van der Waals surface area contributed by atoms with Gasteiger partial charge in [0.05, 0.1) is 5.56 Å². The van der Waals surface area contributed by atoms with Crippen LogP contribution in [0.2, 0.25) is 0 Å². The Balaban J connectivity index is 2.67. The van der Waals surface area contributed by atoms with Crippen LogP contribution in [0.1, 0.15) is 24.8 Å². The smallest absolute Gasteiger partial charge is 0.396 e. The number of pyridine rings is 1. The second-order valence-electron chi connectivity index (χ2n) is 3.98. The van der Waals surface area contributed by atoms with Gasteiger partial charge in [-0.15, -0.1) is 0 Å². The van der Waals surface area contributed by atoms with Gasteiger partial charge >= 0.3 is 6.18 Å². The molecule has 0 aliphatic carbocycles. The lowest BCUT2D eigenvalue weighted by atomic mass is 10.2. The highest BCUT2D eigenvalue weighted by Crippen LogP contribution is 2.31. The first-order valence-corrected chi connectivity index (χ1v) is 5.88.